The topological polar surface area (TPSA) is 0 Å². The van der Waals surface area contributed by atoms with Gasteiger partial charge < -0.3 is 0 Å². The summed E-state index contributed by atoms with van der Waals surface area (Å²) in [5.74, 6) is 0. The summed E-state index contributed by atoms with van der Waals surface area (Å²) in [6.07, 6.45) is 10.9. The van der Waals surface area contributed by atoms with Gasteiger partial charge in [-0.2, -0.15) is 0 Å². The van der Waals surface area contributed by atoms with Crippen molar-refractivity contribution in [3.05, 3.63) is 41.5 Å². The number of hydrogen-bond donors (Lipinski definition) is 0. The molecule has 94 valence electrons. The zero-order valence-electron chi connectivity index (χ0n) is 11.5. The van der Waals surface area contributed by atoms with E-state index in [0.717, 1.165) is 0 Å². The van der Waals surface area contributed by atoms with Crippen LogP contribution in [0, 0.1) is 0 Å². The molecular formula is C17H26. The van der Waals surface area contributed by atoms with Crippen molar-refractivity contribution in [2.75, 3.05) is 0 Å². The second-order valence-corrected chi connectivity index (χ2v) is 4.79. The molecule has 0 amide bonds. The number of aryl methyl sites for hydroxylation is 2. The van der Waals surface area contributed by atoms with Crippen molar-refractivity contribution in [1.29, 1.82) is 0 Å². The molecule has 0 fully saturated rings. The van der Waals surface area contributed by atoms with E-state index in [0.29, 0.717) is 0 Å². The fraction of sp³-hybridized carbons (Fsp3) is 0.529. The van der Waals surface area contributed by atoms with Crippen LogP contribution in [0.15, 0.2) is 24.8 Å². The van der Waals surface area contributed by atoms with Crippen molar-refractivity contribution in [1.82, 2.24) is 0 Å². The molecule has 0 aliphatic heterocycles. The van der Waals surface area contributed by atoms with Crippen molar-refractivity contribution in [3.8, 4) is 0 Å². The van der Waals surface area contributed by atoms with Gasteiger partial charge in [-0.1, -0.05) is 64.0 Å². The monoisotopic (exact) mass is 230 g/mol. The minimum Gasteiger partial charge on any atom is -0.0985 e. The second kappa shape index (κ2) is 8.11. The molecule has 0 saturated heterocycles. The van der Waals surface area contributed by atoms with E-state index in [1.807, 2.05) is 6.08 Å². The molecule has 0 nitrogen and oxygen atoms in total. The first-order valence-corrected chi connectivity index (χ1v) is 7.06. The summed E-state index contributed by atoms with van der Waals surface area (Å²) in [5, 5.41) is 0. The molecule has 17 heavy (non-hydrogen) atoms. The highest BCUT2D eigenvalue weighted by Crippen LogP contribution is 2.18. The van der Waals surface area contributed by atoms with Crippen molar-refractivity contribution >= 4 is 6.08 Å². The lowest BCUT2D eigenvalue weighted by atomic mass is 9.95. The summed E-state index contributed by atoms with van der Waals surface area (Å²) < 4.78 is 0. The number of hydrogen-bond acceptors (Lipinski definition) is 0. The van der Waals surface area contributed by atoms with Gasteiger partial charge in [0, 0.05) is 0 Å². The zero-order chi connectivity index (χ0) is 12.5. The van der Waals surface area contributed by atoms with Crippen LogP contribution in [0.25, 0.3) is 6.08 Å². The average molecular weight is 230 g/mol. The van der Waals surface area contributed by atoms with Gasteiger partial charge >= 0.3 is 0 Å². The third kappa shape index (κ3) is 4.77. The fourth-order valence-corrected chi connectivity index (χ4v) is 2.18. The summed E-state index contributed by atoms with van der Waals surface area (Å²) in [5.41, 5.74) is 4.36. The highest BCUT2D eigenvalue weighted by atomic mass is 14.1. The normalized spacial score (nSPS) is 10.5. The molecule has 0 aliphatic rings. The summed E-state index contributed by atoms with van der Waals surface area (Å²) in [6.45, 7) is 8.38. The molecular weight excluding hydrogens is 204 g/mol. The van der Waals surface area contributed by atoms with Gasteiger partial charge in [0.2, 0.25) is 0 Å². The maximum absolute atomic E-state index is 3.86. The molecule has 0 radical (unpaired) electrons. The van der Waals surface area contributed by atoms with Gasteiger partial charge in [-0.3, -0.25) is 0 Å². The number of rotatable bonds is 8. The molecule has 0 aromatic heterocycles. The Kier molecular flexibility index (Phi) is 6.69. The molecule has 0 heterocycles. The van der Waals surface area contributed by atoms with Gasteiger partial charge in [0.15, 0.2) is 0 Å². The molecule has 0 unspecified atom stereocenters. The molecule has 1 rings (SSSR count). The van der Waals surface area contributed by atoms with Crippen LogP contribution in [-0.2, 0) is 12.8 Å². The maximum atomic E-state index is 3.86. The van der Waals surface area contributed by atoms with Crippen molar-refractivity contribution in [3.63, 3.8) is 0 Å². The zero-order valence-corrected chi connectivity index (χ0v) is 11.5. The van der Waals surface area contributed by atoms with E-state index in [9.17, 15) is 0 Å². The Labute approximate surface area is 107 Å². The van der Waals surface area contributed by atoms with Gasteiger partial charge in [-0.05, 0) is 42.4 Å². The van der Waals surface area contributed by atoms with E-state index in [1.54, 1.807) is 11.1 Å². The van der Waals surface area contributed by atoms with Crippen molar-refractivity contribution < 1.29 is 0 Å². The van der Waals surface area contributed by atoms with E-state index in [4.69, 9.17) is 0 Å². The van der Waals surface area contributed by atoms with Crippen LogP contribution in [0.2, 0.25) is 0 Å². The lowest BCUT2D eigenvalue weighted by Crippen LogP contribution is -1.96. The molecule has 0 saturated carbocycles. The Morgan fingerprint density at radius 1 is 0.941 bits per heavy atom. The summed E-state index contributed by atoms with van der Waals surface area (Å²) in [7, 11) is 0. The van der Waals surface area contributed by atoms with Crippen LogP contribution in [0.1, 0.15) is 62.6 Å². The van der Waals surface area contributed by atoms with E-state index >= 15 is 0 Å². The minimum absolute atomic E-state index is 1.23. The highest BCUT2D eigenvalue weighted by Gasteiger charge is 2.03. The third-order valence-corrected chi connectivity index (χ3v) is 3.32. The van der Waals surface area contributed by atoms with E-state index in [2.05, 4.69) is 38.6 Å². The summed E-state index contributed by atoms with van der Waals surface area (Å²) >= 11 is 0. The number of benzene rings is 1. The quantitative estimate of drug-likeness (QED) is 0.524. The van der Waals surface area contributed by atoms with Crippen LogP contribution >= 0.6 is 0 Å². The summed E-state index contributed by atoms with van der Waals surface area (Å²) in [6, 6.07) is 6.82. The third-order valence-electron chi connectivity index (χ3n) is 3.32. The van der Waals surface area contributed by atoms with E-state index < -0.39 is 0 Å². The van der Waals surface area contributed by atoms with Crippen molar-refractivity contribution in [2.45, 2.75) is 58.8 Å². The van der Waals surface area contributed by atoms with Gasteiger partial charge in [0.1, 0.15) is 0 Å². The van der Waals surface area contributed by atoms with Crippen LogP contribution in [-0.4, -0.2) is 0 Å². The van der Waals surface area contributed by atoms with Gasteiger partial charge in [-0.15, -0.1) is 0 Å². The lowest BCUT2D eigenvalue weighted by Gasteiger charge is -2.10. The molecule has 0 atom stereocenters. The predicted molar refractivity (Wildman–Crippen MR) is 78.4 cm³/mol. The Morgan fingerprint density at radius 3 is 2.29 bits per heavy atom. The fourth-order valence-electron chi connectivity index (χ4n) is 2.18. The first kappa shape index (κ1) is 14.0. The van der Waals surface area contributed by atoms with Gasteiger partial charge in [0.25, 0.3) is 0 Å². The Bertz CT molecular complexity index is 336. The Hall–Kier alpha value is -1.04. The second-order valence-electron chi connectivity index (χ2n) is 4.79. The standard InChI is InChI=1S/C17H26/c1-4-7-9-11-17-14-15(6-3)12-13-16(17)10-8-5-2/h6,12-14H,3-5,7-11H2,1-2H3. The molecule has 0 N–H and O–H groups in total. The van der Waals surface area contributed by atoms with Crippen LogP contribution in [0.4, 0.5) is 0 Å². The van der Waals surface area contributed by atoms with E-state index in [-0.39, 0.29) is 0 Å². The van der Waals surface area contributed by atoms with Crippen LogP contribution in [0.5, 0.6) is 0 Å². The van der Waals surface area contributed by atoms with Crippen LogP contribution in [0.3, 0.4) is 0 Å². The highest BCUT2D eigenvalue weighted by molar-refractivity contribution is 5.50. The van der Waals surface area contributed by atoms with Crippen LogP contribution < -0.4 is 0 Å². The maximum Gasteiger partial charge on any atom is -0.0260 e. The largest absolute Gasteiger partial charge is 0.0985 e. The first-order valence-electron chi connectivity index (χ1n) is 7.06. The Balaban J connectivity index is 2.75. The van der Waals surface area contributed by atoms with Gasteiger partial charge in [0.05, 0.1) is 0 Å². The Morgan fingerprint density at radius 2 is 1.65 bits per heavy atom. The lowest BCUT2D eigenvalue weighted by molar-refractivity contribution is 0.707. The average Bonchev–Trinajstić information content (AvgIpc) is 2.37. The predicted octanol–water partition coefficient (Wildman–Crippen LogP) is 5.40. The molecule has 0 aliphatic carbocycles. The molecule has 0 heteroatoms. The van der Waals surface area contributed by atoms with Gasteiger partial charge in [-0.25, -0.2) is 0 Å². The molecule has 0 bridgehead atoms. The SMILES string of the molecule is C=Cc1ccc(CCCC)c(CCCCC)c1. The smallest absolute Gasteiger partial charge is 0.0260 e. The number of unbranched alkanes of at least 4 members (excludes halogenated alkanes) is 3. The minimum atomic E-state index is 1.23. The molecule has 1 aromatic rings. The van der Waals surface area contributed by atoms with E-state index in [1.165, 1.54) is 50.5 Å². The molecule has 1 aromatic carbocycles. The first-order chi connectivity index (χ1) is 8.31. The summed E-state index contributed by atoms with van der Waals surface area (Å²) in [4.78, 5) is 0. The molecule has 0 spiro atoms. The van der Waals surface area contributed by atoms with Crippen molar-refractivity contribution in [2.24, 2.45) is 0 Å².